The number of hydrogen-bond acceptors (Lipinski definition) is 6. The van der Waals surface area contributed by atoms with Crippen LogP contribution < -0.4 is 15.0 Å². The van der Waals surface area contributed by atoms with E-state index in [1.54, 1.807) is 13.0 Å². The molecule has 0 radical (unpaired) electrons. The molecule has 1 unspecified atom stereocenters. The van der Waals surface area contributed by atoms with Crippen molar-refractivity contribution in [2.75, 3.05) is 24.6 Å². The molecule has 2 aliphatic rings. The minimum atomic E-state index is -0.415. The number of piperidine rings is 1. The molecule has 2 heterocycles. The molecule has 1 N–H and O–H groups in total. The van der Waals surface area contributed by atoms with Crippen LogP contribution in [0.15, 0.2) is 36.5 Å². The Hall–Kier alpha value is -3.16. The number of nitrogens with zero attached hydrogens (tertiary/aromatic N) is 3. The molecule has 1 aromatic heterocycles. The summed E-state index contributed by atoms with van der Waals surface area (Å²) in [5.74, 6) is 2.40. The van der Waals surface area contributed by atoms with Gasteiger partial charge in [-0.2, -0.15) is 0 Å². The molecule has 8 nitrogen and oxygen atoms in total. The summed E-state index contributed by atoms with van der Waals surface area (Å²) in [6, 6.07) is 9.73. The van der Waals surface area contributed by atoms with Gasteiger partial charge in [-0.25, -0.2) is 4.98 Å². The number of benzene rings is 1. The molecule has 1 saturated carbocycles. The van der Waals surface area contributed by atoms with Crippen molar-refractivity contribution in [3.63, 3.8) is 0 Å². The lowest BCUT2D eigenvalue weighted by Gasteiger charge is -2.21. The fourth-order valence-corrected chi connectivity index (χ4v) is 4.06. The smallest absolute Gasteiger partial charge is 0.290 e. The van der Waals surface area contributed by atoms with Crippen LogP contribution in [0.5, 0.6) is 5.75 Å². The highest BCUT2D eigenvalue weighted by Gasteiger charge is 2.56. The van der Waals surface area contributed by atoms with Gasteiger partial charge >= 0.3 is 0 Å². The van der Waals surface area contributed by atoms with Gasteiger partial charge in [0.2, 0.25) is 5.91 Å². The summed E-state index contributed by atoms with van der Waals surface area (Å²) in [7, 11) is 0. The first-order valence-electron chi connectivity index (χ1n) is 9.78. The molecule has 8 heteroatoms. The molecule has 1 aliphatic carbocycles. The zero-order valence-corrected chi connectivity index (χ0v) is 16.5. The molecule has 29 heavy (non-hydrogen) atoms. The number of anilines is 1. The second-order valence-corrected chi connectivity index (χ2v) is 7.78. The number of carbonyl (C=O) groups is 1. The molecular weight excluding hydrogens is 372 g/mol. The van der Waals surface area contributed by atoms with Crippen LogP contribution in [0.2, 0.25) is 0 Å². The molecule has 1 aliphatic heterocycles. The fraction of sp³-hybridized carbons (Fsp3) is 0.429. The van der Waals surface area contributed by atoms with Gasteiger partial charge in [-0.15, -0.1) is 0 Å². The lowest BCUT2D eigenvalue weighted by atomic mass is 10.2. The van der Waals surface area contributed by atoms with Crippen LogP contribution in [-0.4, -0.2) is 41.6 Å². The van der Waals surface area contributed by atoms with E-state index in [1.165, 1.54) is 6.20 Å². The molecule has 0 spiro atoms. The summed E-state index contributed by atoms with van der Waals surface area (Å²) in [6.07, 6.45) is 1.65. The van der Waals surface area contributed by atoms with Gasteiger partial charge in [0.1, 0.15) is 17.8 Å². The predicted molar refractivity (Wildman–Crippen MR) is 108 cm³/mol. The van der Waals surface area contributed by atoms with E-state index >= 15 is 0 Å². The number of carbonyl (C=O) groups excluding carboxylic acids is 1. The number of ether oxygens (including phenoxy) is 1. The molecule has 3 atom stereocenters. The first kappa shape index (κ1) is 19.2. The summed E-state index contributed by atoms with van der Waals surface area (Å²) < 4.78 is 5.69. The van der Waals surface area contributed by atoms with Crippen LogP contribution in [0.3, 0.4) is 0 Å². The molecule has 1 saturated heterocycles. The van der Waals surface area contributed by atoms with Crippen molar-refractivity contribution in [1.82, 2.24) is 10.3 Å². The molecule has 1 amide bonds. The molecule has 0 bridgehead atoms. The highest BCUT2D eigenvalue weighted by atomic mass is 16.6. The average Bonchev–Trinajstić information content (AvgIpc) is 3.11. The number of rotatable bonds is 7. The van der Waals surface area contributed by atoms with Crippen molar-refractivity contribution >= 4 is 17.4 Å². The number of para-hydroxylation sites is 1. The summed E-state index contributed by atoms with van der Waals surface area (Å²) in [6.45, 7) is 5.67. The Kier molecular flexibility index (Phi) is 5.08. The largest absolute Gasteiger partial charge is 0.493 e. The summed E-state index contributed by atoms with van der Waals surface area (Å²) in [4.78, 5) is 29.1. The van der Waals surface area contributed by atoms with Crippen LogP contribution >= 0.6 is 0 Å². The number of hydrogen-bond donors (Lipinski definition) is 1. The minimum absolute atomic E-state index is 0.00818. The minimum Gasteiger partial charge on any atom is -0.493 e. The van der Waals surface area contributed by atoms with E-state index in [0.29, 0.717) is 30.4 Å². The summed E-state index contributed by atoms with van der Waals surface area (Å²) >= 11 is 0. The molecule has 1 aromatic carbocycles. The molecule has 152 valence electrons. The number of nitrogens with one attached hydrogen (secondary N) is 1. The van der Waals surface area contributed by atoms with Gasteiger partial charge in [0.25, 0.3) is 5.69 Å². The number of aryl methyl sites for hydroxylation is 2. The normalized spacial score (nSPS) is 22.1. The van der Waals surface area contributed by atoms with E-state index in [2.05, 4.69) is 15.2 Å². The SMILES string of the molecule is Cc1ccccc1OCCC(=O)NC1[C@H]2CN(c3cc(C)c([N+](=O)[O-])cn3)C[C@@H]12. The second-order valence-electron chi connectivity index (χ2n) is 7.78. The van der Waals surface area contributed by atoms with Crippen molar-refractivity contribution in [3.8, 4) is 5.75 Å². The maximum absolute atomic E-state index is 12.2. The van der Waals surface area contributed by atoms with E-state index in [1.807, 2.05) is 31.2 Å². The zero-order chi connectivity index (χ0) is 20.5. The van der Waals surface area contributed by atoms with E-state index in [4.69, 9.17) is 4.74 Å². The molecular formula is C21H24N4O4. The Morgan fingerprint density at radius 3 is 2.66 bits per heavy atom. The number of aromatic nitrogens is 1. The Morgan fingerprint density at radius 2 is 2.00 bits per heavy atom. The lowest BCUT2D eigenvalue weighted by Crippen LogP contribution is -2.35. The highest BCUT2D eigenvalue weighted by molar-refractivity contribution is 5.77. The van der Waals surface area contributed by atoms with E-state index in [0.717, 1.165) is 30.2 Å². The van der Waals surface area contributed by atoms with Crippen LogP contribution in [0.1, 0.15) is 17.5 Å². The van der Waals surface area contributed by atoms with Crippen molar-refractivity contribution in [2.24, 2.45) is 11.8 Å². The monoisotopic (exact) mass is 396 g/mol. The number of nitro groups is 1. The second kappa shape index (κ2) is 7.69. The predicted octanol–water partition coefficient (Wildman–Crippen LogP) is 2.63. The van der Waals surface area contributed by atoms with Crippen LogP contribution in [-0.2, 0) is 4.79 Å². The third-order valence-electron chi connectivity index (χ3n) is 5.79. The molecule has 4 rings (SSSR count). The van der Waals surface area contributed by atoms with Gasteiger partial charge in [-0.1, -0.05) is 18.2 Å². The van der Waals surface area contributed by atoms with Gasteiger partial charge in [-0.05, 0) is 31.5 Å². The van der Waals surface area contributed by atoms with Gasteiger partial charge in [-0.3, -0.25) is 14.9 Å². The van der Waals surface area contributed by atoms with Crippen molar-refractivity contribution in [2.45, 2.75) is 26.3 Å². The van der Waals surface area contributed by atoms with Gasteiger partial charge < -0.3 is 15.0 Å². The van der Waals surface area contributed by atoms with Gasteiger partial charge in [0, 0.05) is 36.5 Å². The standard InChI is InChI=1S/C21H24N4O4/c1-13-5-3-4-6-18(13)29-8-7-20(26)23-21-15-11-24(12-16(15)21)19-9-14(2)17(10-22-19)25(27)28/h3-6,9-10,15-16,21H,7-8,11-12H2,1-2H3,(H,23,26)/t15-,16+,21?. The van der Waals surface area contributed by atoms with Crippen molar-refractivity contribution in [1.29, 1.82) is 0 Å². The summed E-state index contributed by atoms with van der Waals surface area (Å²) in [5.41, 5.74) is 1.70. The Labute approximate surface area is 169 Å². The Balaban J connectivity index is 1.22. The van der Waals surface area contributed by atoms with Crippen LogP contribution in [0.25, 0.3) is 0 Å². The van der Waals surface area contributed by atoms with Crippen LogP contribution in [0.4, 0.5) is 11.5 Å². The third kappa shape index (κ3) is 4.01. The number of fused-ring (bicyclic) bond motifs is 1. The van der Waals surface area contributed by atoms with Gasteiger partial charge in [0.05, 0.1) is 18.0 Å². The third-order valence-corrected chi connectivity index (χ3v) is 5.79. The first-order chi connectivity index (χ1) is 13.9. The van der Waals surface area contributed by atoms with Crippen molar-refractivity contribution < 1.29 is 14.5 Å². The first-order valence-corrected chi connectivity index (χ1v) is 9.78. The summed E-state index contributed by atoms with van der Waals surface area (Å²) in [5, 5.41) is 14.0. The Bertz CT molecular complexity index is 936. The highest BCUT2D eigenvalue weighted by Crippen LogP contribution is 2.46. The van der Waals surface area contributed by atoms with E-state index in [9.17, 15) is 14.9 Å². The molecule has 2 aromatic rings. The number of pyridine rings is 1. The average molecular weight is 396 g/mol. The number of amides is 1. The van der Waals surface area contributed by atoms with E-state index in [-0.39, 0.29) is 17.6 Å². The lowest BCUT2D eigenvalue weighted by molar-refractivity contribution is -0.385. The quantitative estimate of drug-likeness (QED) is 0.571. The topological polar surface area (TPSA) is 97.6 Å². The van der Waals surface area contributed by atoms with Crippen molar-refractivity contribution in [3.05, 3.63) is 57.8 Å². The van der Waals surface area contributed by atoms with Crippen LogP contribution in [0, 0.1) is 35.8 Å². The Morgan fingerprint density at radius 1 is 1.28 bits per heavy atom. The molecule has 2 fully saturated rings. The van der Waals surface area contributed by atoms with E-state index < -0.39 is 4.92 Å². The zero-order valence-electron chi connectivity index (χ0n) is 16.5. The fourth-order valence-electron chi connectivity index (χ4n) is 4.06. The maximum atomic E-state index is 12.2. The van der Waals surface area contributed by atoms with Gasteiger partial charge in [0.15, 0.2) is 0 Å². The maximum Gasteiger partial charge on any atom is 0.290 e.